The third-order valence-corrected chi connectivity index (χ3v) is 13.4. The van der Waals surface area contributed by atoms with E-state index in [1.165, 1.54) is 5.57 Å². The first-order valence-electron chi connectivity index (χ1n) is 14.4. The van der Waals surface area contributed by atoms with Gasteiger partial charge < -0.3 is 9.92 Å². The van der Waals surface area contributed by atoms with Gasteiger partial charge in [-0.3, -0.25) is 4.79 Å². The molecule has 2 N–H and O–H groups in total. The lowest BCUT2D eigenvalue weighted by molar-refractivity contribution is -0.198. The van der Waals surface area contributed by atoms with E-state index in [1.54, 1.807) is 6.08 Å². The van der Waals surface area contributed by atoms with Crippen molar-refractivity contribution in [1.82, 2.24) is 0 Å². The Morgan fingerprint density at radius 2 is 1.62 bits per heavy atom. The van der Waals surface area contributed by atoms with Crippen LogP contribution in [0.2, 0.25) is 0 Å². The highest BCUT2D eigenvalue weighted by Gasteiger charge is 2.69. The van der Waals surface area contributed by atoms with Gasteiger partial charge in [-0.1, -0.05) is 48.5 Å². The Balaban J connectivity index is 1.54. The van der Waals surface area contributed by atoms with Crippen LogP contribution < -0.4 is 5.73 Å². The molecule has 220 valence electrons. The third kappa shape index (κ3) is 3.73. The zero-order chi connectivity index (χ0) is 29.2. The summed E-state index contributed by atoms with van der Waals surface area (Å²) in [5.41, 5.74) is 1.94. The number of Topliss-reactive ketones (excluding diaryl/α,β-unsaturated/α-hetero) is 1. The van der Waals surface area contributed by atoms with E-state index in [2.05, 4.69) is 34.6 Å². The minimum atomic E-state index is -5.73. The van der Waals surface area contributed by atoms with Crippen LogP contribution in [0.25, 0.3) is 0 Å². The largest absolute Gasteiger partial charge is 0.534 e. The predicted octanol–water partition coefficient (Wildman–Crippen LogP) is 7.04. The lowest BCUT2D eigenvalue weighted by atomic mass is 9.34. The number of carbonyl (C=O) groups excluding carboxylic acids is 1. The van der Waals surface area contributed by atoms with Gasteiger partial charge in [-0.05, 0) is 102 Å². The molecular formula is C30H44F3NO4S. The smallest absolute Gasteiger partial charge is 0.380 e. The van der Waals surface area contributed by atoms with Crippen molar-refractivity contribution in [2.45, 2.75) is 111 Å². The van der Waals surface area contributed by atoms with Crippen LogP contribution in [0.5, 0.6) is 0 Å². The molecule has 9 heteroatoms. The zero-order valence-electron chi connectivity index (χ0n) is 24.3. The van der Waals surface area contributed by atoms with Gasteiger partial charge in [0.05, 0.1) is 0 Å². The maximum atomic E-state index is 13.2. The first-order chi connectivity index (χ1) is 17.7. The number of allylic oxidation sites excluding steroid dienone is 3. The van der Waals surface area contributed by atoms with Crippen molar-refractivity contribution in [2.75, 3.05) is 0 Å². The number of ketones is 1. The molecule has 0 aromatic rings. The van der Waals surface area contributed by atoms with Crippen LogP contribution in [0.4, 0.5) is 13.2 Å². The van der Waals surface area contributed by atoms with Crippen molar-refractivity contribution < 1.29 is 30.6 Å². The van der Waals surface area contributed by atoms with Gasteiger partial charge in [0.2, 0.25) is 0 Å². The number of halogens is 3. The lowest BCUT2D eigenvalue weighted by Gasteiger charge is -2.71. The van der Waals surface area contributed by atoms with Crippen LogP contribution >= 0.6 is 0 Å². The minimum absolute atomic E-state index is 0.0256. The fourth-order valence-electron chi connectivity index (χ4n) is 10.5. The van der Waals surface area contributed by atoms with Crippen molar-refractivity contribution in [1.29, 1.82) is 0 Å². The van der Waals surface area contributed by atoms with Crippen molar-refractivity contribution in [2.24, 2.45) is 51.1 Å². The monoisotopic (exact) mass is 571 g/mol. The van der Waals surface area contributed by atoms with Gasteiger partial charge in [-0.2, -0.15) is 21.6 Å². The number of carbonyl (C=O) groups is 1. The second kappa shape index (κ2) is 8.36. The number of alkyl halides is 3. The van der Waals surface area contributed by atoms with Gasteiger partial charge in [-0.25, -0.2) is 0 Å². The molecule has 0 bridgehead atoms. The maximum Gasteiger partial charge on any atom is 0.534 e. The first kappa shape index (κ1) is 29.2. The Hall–Kier alpha value is -1.35. The third-order valence-electron chi connectivity index (χ3n) is 12.5. The summed E-state index contributed by atoms with van der Waals surface area (Å²) < 4.78 is 68.1. The van der Waals surface area contributed by atoms with Gasteiger partial charge in [0, 0.05) is 17.4 Å². The number of hydrogen-bond acceptors (Lipinski definition) is 5. The molecule has 5 aliphatic rings. The average Bonchev–Trinajstić information content (AvgIpc) is 3.06. The molecule has 3 saturated carbocycles. The first-order valence-corrected chi connectivity index (χ1v) is 15.8. The Labute approximate surface area is 231 Å². The molecule has 0 radical (unpaired) electrons. The van der Waals surface area contributed by atoms with E-state index in [4.69, 9.17) is 9.92 Å². The summed E-state index contributed by atoms with van der Waals surface area (Å²) in [6, 6.07) is 0. The van der Waals surface area contributed by atoms with E-state index in [-0.39, 0.29) is 45.5 Å². The number of fused-ring (bicyclic) bond motifs is 7. The molecule has 0 spiro atoms. The van der Waals surface area contributed by atoms with Crippen LogP contribution in [0, 0.1) is 45.3 Å². The molecule has 39 heavy (non-hydrogen) atoms. The Bertz CT molecular complexity index is 1270. The van der Waals surface area contributed by atoms with Gasteiger partial charge in [0.25, 0.3) is 0 Å². The van der Waals surface area contributed by atoms with Crippen LogP contribution in [0.1, 0.15) is 99.8 Å². The van der Waals surface area contributed by atoms with Crippen molar-refractivity contribution in [3.8, 4) is 0 Å². The van der Waals surface area contributed by atoms with Crippen molar-refractivity contribution >= 4 is 15.9 Å². The molecule has 5 nitrogen and oxygen atoms in total. The standard InChI is InChI=1S/C30H44F3NO4S/c1-17(2)23-19(35)16-29(34)15-14-27(6)18(24(23)29)8-9-21-26(5)12-11-22(38-39(36,37)30(31,32)33)25(3,4)20(26)10-13-28(21,27)7/h11,17-18,20-21H,8-10,12-16,34H2,1-7H3/t18-,20+,21-,26+,27-,28-,29-/m1/s1. The number of rotatable bonds is 3. The Morgan fingerprint density at radius 1 is 0.974 bits per heavy atom. The summed E-state index contributed by atoms with van der Waals surface area (Å²) in [5, 5.41) is 0. The van der Waals surface area contributed by atoms with E-state index in [1.807, 2.05) is 13.8 Å². The molecule has 3 fully saturated rings. The maximum absolute atomic E-state index is 13.2. The summed E-state index contributed by atoms with van der Waals surface area (Å²) >= 11 is 0. The van der Waals surface area contributed by atoms with Crippen LogP contribution in [-0.4, -0.2) is 25.2 Å². The summed E-state index contributed by atoms with van der Waals surface area (Å²) in [7, 11) is -5.73. The molecule has 0 aromatic carbocycles. The molecule has 0 aliphatic heterocycles. The van der Waals surface area contributed by atoms with Gasteiger partial charge >= 0.3 is 15.6 Å². The summed E-state index contributed by atoms with van der Waals surface area (Å²) in [6.45, 7) is 14.9. The van der Waals surface area contributed by atoms with Gasteiger partial charge in [0.15, 0.2) is 5.78 Å². The Kier molecular flexibility index (Phi) is 6.25. The molecule has 0 heterocycles. The second-order valence-electron chi connectivity index (χ2n) is 14.8. The molecule has 0 saturated heterocycles. The van der Waals surface area contributed by atoms with Crippen LogP contribution in [0.15, 0.2) is 23.0 Å². The molecule has 0 unspecified atom stereocenters. The molecule has 7 atom stereocenters. The molecule has 0 aromatic heterocycles. The summed E-state index contributed by atoms with van der Waals surface area (Å²) in [6.07, 6.45) is 7.78. The highest BCUT2D eigenvalue weighted by molar-refractivity contribution is 7.87. The fraction of sp³-hybridized carbons (Fsp3) is 0.833. The SMILES string of the molecule is CC(C)C1=C2[C@H]3CC[C@@H]4[C@@]5(C)CC=C(OS(=O)(=O)C(F)(F)F)C(C)(C)[C@@H]5CC[C@@]4(C)[C@]3(C)CC[C@@]2(N)CC1=O. The van der Waals surface area contributed by atoms with E-state index >= 15 is 0 Å². The van der Waals surface area contributed by atoms with Gasteiger partial charge in [0.1, 0.15) is 5.76 Å². The highest BCUT2D eigenvalue weighted by atomic mass is 32.2. The van der Waals surface area contributed by atoms with Gasteiger partial charge in [-0.15, -0.1) is 0 Å². The molecule has 5 rings (SSSR count). The summed E-state index contributed by atoms with van der Waals surface area (Å²) in [5.74, 6) is 0.760. The number of nitrogens with two attached hydrogens (primary N) is 1. The predicted molar refractivity (Wildman–Crippen MR) is 143 cm³/mol. The van der Waals surface area contributed by atoms with E-state index in [0.29, 0.717) is 18.8 Å². The zero-order valence-corrected chi connectivity index (χ0v) is 25.1. The molecule has 0 amide bonds. The van der Waals surface area contributed by atoms with Crippen molar-refractivity contribution in [3.05, 3.63) is 23.0 Å². The molecule has 5 aliphatic carbocycles. The summed E-state index contributed by atoms with van der Waals surface area (Å²) in [4.78, 5) is 13.2. The Morgan fingerprint density at radius 3 is 2.21 bits per heavy atom. The fourth-order valence-corrected chi connectivity index (χ4v) is 11.1. The topological polar surface area (TPSA) is 86.5 Å². The highest BCUT2D eigenvalue weighted by Crippen LogP contribution is 2.75. The second-order valence-corrected chi connectivity index (χ2v) is 16.4. The van der Waals surface area contributed by atoms with E-state index in [0.717, 1.165) is 44.1 Å². The van der Waals surface area contributed by atoms with Crippen LogP contribution in [-0.2, 0) is 19.1 Å². The lowest BCUT2D eigenvalue weighted by Crippen LogP contribution is -2.65. The van der Waals surface area contributed by atoms with E-state index in [9.17, 15) is 26.4 Å². The molecular weight excluding hydrogens is 527 g/mol. The normalized spacial score (nSPS) is 43.8. The van der Waals surface area contributed by atoms with E-state index < -0.39 is 26.6 Å². The minimum Gasteiger partial charge on any atom is -0.380 e. The average molecular weight is 572 g/mol. The number of hydrogen-bond donors (Lipinski definition) is 1. The van der Waals surface area contributed by atoms with Crippen molar-refractivity contribution in [3.63, 3.8) is 0 Å². The van der Waals surface area contributed by atoms with Crippen LogP contribution in [0.3, 0.4) is 0 Å². The quantitative estimate of drug-likeness (QED) is 0.290.